The summed E-state index contributed by atoms with van der Waals surface area (Å²) in [6.45, 7) is 7.67. The van der Waals surface area contributed by atoms with Crippen molar-refractivity contribution in [2.75, 3.05) is 39.6 Å². The summed E-state index contributed by atoms with van der Waals surface area (Å²) >= 11 is 0. The minimum Gasteiger partial charge on any atom is -0.464 e. The highest BCUT2D eigenvalue weighted by Crippen LogP contribution is 2.70. The SMILES string of the molecule is CCOC(=O)COC(P(=O)(OCC)OCC)P(=O)(OCC)OCC. The molecule has 0 saturated carbocycles. The second-order valence-corrected chi connectivity index (χ2v) is 8.73. The van der Waals surface area contributed by atoms with Crippen molar-refractivity contribution in [3.63, 3.8) is 0 Å². The van der Waals surface area contributed by atoms with Crippen LogP contribution in [0.2, 0.25) is 0 Å². The monoisotopic (exact) mass is 390 g/mol. The summed E-state index contributed by atoms with van der Waals surface area (Å²) < 4.78 is 56.8. The van der Waals surface area contributed by atoms with E-state index in [0.717, 1.165) is 0 Å². The zero-order valence-electron chi connectivity index (χ0n) is 14.9. The van der Waals surface area contributed by atoms with Gasteiger partial charge in [0.05, 0.1) is 33.0 Å². The van der Waals surface area contributed by atoms with Crippen LogP contribution in [-0.2, 0) is 41.5 Å². The van der Waals surface area contributed by atoms with Gasteiger partial charge in [-0.15, -0.1) is 0 Å². The molecule has 0 aliphatic rings. The summed E-state index contributed by atoms with van der Waals surface area (Å²) in [7, 11) is -8.06. The predicted molar refractivity (Wildman–Crippen MR) is 88.1 cm³/mol. The first kappa shape index (κ1) is 23.7. The van der Waals surface area contributed by atoms with E-state index in [0.29, 0.717) is 0 Å². The molecule has 9 nitrogen and oxygen atoms in total. The van der Waals surface area contributed by atoms with Gasteiger partial charge in [0.2, 0.25) is 0 Å². The summed E-state index contributed by atoms with van der Waals surface area (Å²) in [6.07, 6.45) is 0. The summed E-state index contributed by atoms with van der Waals surface area (Å²) in [5, 5.41) is 0. The molecular weight excluding hydrogens is 362 g/mol. The molecule has 144 valence electrons. The van der Waals surface area contributed by atoms with Gasteiger partial charge >= 0.3 is 21.2 Å². The molecule has 0 heterocycles. The van der Waals surface area contributed by atoms with Gasteiger partial charge in [-0.25, -0.2) is 4.79 Å². The molecule has 11 heteroatoms. The molecule has 0 aromatic carbocycles. The molecule has 0 rings (SSSR count). The lowest BCUT2D eigenvalue weighted by atomic mass is 10.7. The standard InChI is InChI=1S/C13H28O9P2/c1-6-17-12(14)11-18-13(23(15,19-7-2)20-8-3)24(16,21-9-4)22-10-5/h13H,6-11H2,1-5H3. The molecule has 0 atom stereocenters. The van der Waals surface area contributed by atoms with E-state index >= 15 is 0 Å². The predicted octanol–water partition coefficient (Wildman–Crippen LogP) is 3.38. The maximum absolute atomic E-state index is 13.0. The van der Waals surface area contributed by atoms with Crippen LogP contribution in [0.1, 0.15) is 34.6 Å². The fraction of sp³-hybridized carbons (Fsp3) is 0.923. The fourth-order valence-electron chi connectivity index (χ4n) is 1.75. The largest absolute Gasteiger partial charge is 0.464 e. The van der Waals surface area contributed by atoms with Gasteiger partial charge in [0.15, 0.2) is 0 Å². The Balaban J connectivity index is 5.64. The highest BCUT2D eigenvalue weighted by Gasteiger charge is 2.52. The van der Waals surface area contributed by atoms with Crippen molar-refractivity contribution >= 4 is 21.2 Å². The first-order chi connectivity index (χ1) is 11.3. The third-order valence-corrected chi connectivity index (χ3v) is 7.98. The Morgan fingerprint density at radius 3 is 1.42 bits per heavy atom. The van der Waals surface area contributed by atoms with Gasteiger partial charge in [0.1, 0.15) is 6.61 Å². The first-order valence-corrected chi connectivity index (χ1v) is 11.1. The van der Waals surface area contributed by atoms with E-state index in [9.17, 15) is 13.9 Å². The minimum atomic E-state index is -4.03. The van der Waals surface area contributed by atoms with Gasteiger partial charge in [0.25, 0.3) is 5.59 Å². The maximum Gasteiger partial charge on any atom is 0.371 e. The summed E-state index contributed by atoms with van der Waals surface area (Å²) in [4.78, 5) is 11.5. The van der Waals surface area contributed by atoms with Gasteiger partial charge in [-0.05, 0) is 34.6 Å². The fourth-order valence-corrected chi connectivity index (χ4v) is 6.55. The van der Waals surface area contributed by atoms with Crippen molar-refractivity contribution in [1.29, 1.82) is 0 Å². The second-order valence-electron chi connectivity index (χ2n) is 4.19. The maximum atomic E-state index is 13.0. The number of ether oxygens (including phenoxy) is 2. The molecule has 0 aromatic heterocycles. The van der Waals surface area contributed by atoms with Crippen LogP contribution in [0, 0.1) is 0 Å². The number of hydrogen-bond donors (Lipinski definition) is 0. The van der Waals surface area contributed by atoms with Crippen LogP contribution in [0.4, 0.5) is 0 Å². The smallest absolute Gasteiger partial charge is 0.371 e. The van der Waals surface area contributed by atoms with Gasteiger partial charge in [-0.3, -0.25) is 9.13 Å². The van der Waals surface area contributed by atoms with E-state index in [4.69, 9.17) is 27.6 Å². The minimum absolute atomic E-state index is 0.0226. The van der Waals surface area contributed by atoms with Gasteiger partial charge < -0.3 is 27.6 Å². The van der Waals surface area contributed by atoms with Crippen molar-refractivity contribution in [1.82, 2.24) is 0 Å². The Labute approximate surface area is 143 Å². The summed E-state index contributed by atoms with van der Waals surface area (Å²) in [6, 6.07) is 0. The van der Waals surface area contributed by atoms with Crippen LogP contribution in [0.5, 0.6) is 0 Å². The lowest BCUT2D eigenvalue weighted by molar-refractivity contribution is -0.148. The van der Waals surface area contributed by atoms with Crippen LogP contribution in [0.3, 0.4) is 0 Å². The molecule has 0 aliphatic heterocycles. The van der Waals surface area contributed by atoms with E-state index in [1.807, 2.05) is 0 Å². The average Bonchev–Trinajstić information content (AvgIpc) is 2.48. The molecule has 0 bridgehead atoms. The van der Waals surface area contributed by atoms with E-state index in [2.05, 4.69) is 0 Å². The first-order valence-electron chi connectivity index (χ1n) is 7.88. The number of rotatable bonds is 14. The number of esters is 1. The van der Waals surface area contributed by atoms with Gasteiger partial charge in [0, 0.05) is 0 Å². The topological polar surface area (TPSA) is 107 Å². The molecule has 0 saturated heterocycles. The number of carbonyl (C=O) groups excluding carboxylic acids is 1. The highest BCUT2D eigenvalue weighted by molar-refractivity contribution is 7.72. The van der Waals surface area contributed by atoms with E-state index in [1.54, 1.807) is 34.6 Å². The molecule has 0 aromatic rings. The Morgan fingerprint density at radius 2 is 1.12 bits per heavy atom. The van der Waals surface area contributed by atoms with E-state index in [-0.39, 0.29) is 33.0 Å². The zero-order chi connectivity index (χ0) is 18.6. The van der Waals surface area contributed by atoms with Crippen LogP contribution in [-0.4, -0.2) is 51.2 Å². The van der Waals surface area contributed by atoms with Crippen LogP contribution in [0.15, 0.2) is 0 Å². The molecule has 0 unspecified atom stereocenters. The van der Waals surface area contributed by atoms with Crippen LogP contribution in [0.25, 0.3) is 0 Å². The summed E-state index contributed by atoms with van der Waals surface area (Å²) in [5.41, 5.74) is -1.69. The molecule has 0 N–H and O–H groups in total. The molecule has 0 fully saturated rings. The zero-order valence-corrected chi connectivity index (χ0v) is 16.7. The highest BCUT2D eigenvalue weighted by atomic mass is 31.2. The van der Waals surface area contributed by atoms with Crippen LogP contribution < -0.4 is 0 Å². The number of carbonyl (C=O) groups is 1. The molecule has 0 spiro atoms. The van der Waals surface area contributed by atoms with Crippen molar-refractivity contribution in [3.8, 4) is 0 Å². The Morgan fingerprint density at radius 1 is 0.750 bits per heavy atom. The summed E-state index contributed by atoms with van der Waals surface area (Å²) in [5.74, 6) is -0.707. The Bertz CT molecular complexity index is 405. The number of hydrogen-bond acceptors (Lipinski definition) is 9. The molecule has 0 amide bonds. The normalized spacial score (nSPS) is 12.6. The van der Waals surface area contributed by atoms with Crippen molar-refractivity contribution in [2.45, 2.75) is 40.2 Å². The second kappa shape index (κ2) is 12.1. The molecule has 24 heavy (non-hydrogen) atoms. The lowest BCUT2D eigenvalue weighted by Crippen LogP contribution is -2.24. The average molecular weight is 390 g/mol. The third-order valence-electron chi connectivity index (χ3n) is 2.43. The molecule has 0 aliphatic carbocycles. The molecule has 0 radical (unpaired) electrons. The van der Waals surface area contributed by atoms with Crippen molar-refractivity contribution in [2.24, 2.45) is 0 Å². The Hall–Kier alpha value is -0.270. The van der Waals surface area contributed by atoms with Crippen LogP contribution >= 0.6 is 15.2 Å². The lowest BCUT2D eigenvalue weighted by Gasteiger charge is -2.30. The van der Waals surface area contributed by atoms with Crippen molar-refractivity contribution in [3.05, 3.63) is 0 Å². The van der Waals surface area contributed by atoms with Gasteiger partial charge in [-0.1, -0.05) is 0 Å². The van der Waals surface area contributed by atoms with Crippen molar-refractivity contribution < 1.29 is 41.5 Å². The van der Waals surface area contributed by atoms with E-state index < -0.39 is 33.4 Å². The Kier molecular flexibility index (Phi) is 12.0. The molecular formula is C13H28O9P2. The quantitative estimate of drug-likeness (QED) is 0.326. The van der Waals surface area contributed by atoms with E-state index in [1.165, 1.54) is 0 Å². The van der Waals surface area contributed by atoms with Gasteiger partial charge in [-0.2, -0.15) is 0 Å². The third kappa shape index (κ3) is 7.31.